The van der Waals surface area contributed by atoms with E-state index >= 15 is 0 Å². The first-order valence-electron chi connectivity index (χ1n) is 8.44. The number of benzene rings is 2. The minimum absolute atomic E-state index is 0.177. The van der Waals surface area contributed by atoms with Crippen molar-refractivity contribution in [2.75, 3.05) is 4.90 Å². The summed E-state index contributed by atoms with van der Waals surface area (Å²) < 4.78 is 27.8. The molecule has 1 aromatic heterocycles. The van der Waals surface area contributed by atoms with Crippen LogP contribution in [0.1, 0.15) is 16.5 Å². The van der Waals surface area contributed by atoms with E-state index in [0.717, 1.165) is 17.0 Å². The Hall–Kier alpha value is -3.03. The Bertz CT molecular complexity index is 1140. The predicted molar refractivity (Wildman–Crippen MR) is 107 cm³/mol. The summed E-state index contributed by atoms with van der Waals surface area (Å²) >= 11 is 7.11. The fourth-order valence-electron chi connectivity index (χ4n) is 3.24. The molecule has 2 heterocycles. The molecule has 0 saturated carbocycles. The van der Waals surface area contributed by atoms with Crippen LogP contribution in [0.3, 0.4) is 0 Å². The molecule has 146 valence electrons. The molecular weight excluding hydrogens is 420 g/mol. The number of aliphatic hydroxyl groups is 1. The van der Waals surface area contributed by atoms with Gasteiger partial charge in [0.15, 0.2) is 0 Å². The molecule has 8 heteroatoms. The second-order valence-electron chi connectivity index (χ2n) is 6.29. The third-order valence-electron chi connectivity index (χ3n) is 4.54. The van der Waals surface area contributed by atoms with Gasteiger partial charge in [-0.3, -0.25) is 14.5 Å². The lowest BCUT2D eigenvalue weighted by Gasteiger charge is -2.24. The Morgan fingerprint density at radius 3 is 2.41 bits per heavy atom. The van der Waals surface area contributed by atoms with E-state index in [1.54, 1.807) is 17.5 Å². The zero-order chi connectivity index (χ0) is 20.7. The Labute approximate surface area is 173 Å². The second kappa shape index (κ2) is 7.42. The lowest BCUT2D eigenvalue weighted by Crippen LogP contribution is -2.30. The topological polar surface area (TPSA) is 57.6 Å². The van der Waals surface area contributed by atoms with Crippen molar-refractivity contribution in [3.63, 3.8) is 0 Å². The normalized spacial score (nSPS) is 18.4. The maximum absolute atomic E-state index is 14.5. The molecule has 4 rings (SSSR count). The molecule has 0 radical (unpaired) electrons. The van der Waals surface area contributed by atoms with E-state index in [1.165, 1.54) is 35.6 Å². The van der Waals surface area contributed by atoms with Crippen molar-refractivity contribution in [2.45, 2.75) is 6.04 Å². The predicted octanol–water partition coefficient (Wildman–Crippen LogP) is 5.31. The van der Waals surface area contributed by atoms with Gasteiger partial charge < -0.3 is 5.11 Å². The highest BCUT2D eigenvalue weighted by atomic mass is 35.5. The van der Waals surface area contributed by atoms with E-state index in [9.17, 15) is 23.5 Å². The summed E-state index contributed by atoms with van der Waals surface area (Å²) in [6.07, 6.45) is 0. The Kier molecular flexibility index (Phi) is 4.94. The van der Waals surface area contributed by atoms with Crippen LogP contribution in [0.25, 0.3) is 5.76 Å². The Morgan fingerprint density at radius 2 is 1.79 bits per heavy atom. The van der Waals surface area contributed by atoms with Gasteiger partial charge in [-0.1, -0.05) is 17.7 Å². The third kappa shape index (κ3) is 3.32. The van der Waals surface area contributed by atoms with Crippen LogP contribution in [0.15, 0.2) is 65.6 Å². The van der Waals surface area contributed by atoms with Crippen molar-refractivity contribution >= 4 is 46.1 Å². The van der Waals surface area contributed by atoms with Crippen LogP contribution >= 0.6 is 22.9 Å². The molecule has 3 aromatic rings. The summed E-state index contributed by atoms with van der Waals surface area (Å²) in [4.78, 5) is 27.1. The number of hydrogen-bond acceptors (Lipinski definition) is 4. The number of rotatable bonds is 3. The average Bonchev–Trinajstić information content (AvgIpc) is 3.30. The molecule has 0 bridgehead atoms. The van der Waals surface area contributed by atoms with Crippen molar-refractivity contribution < 1.29 is 23.5 Å². The Balaban J connectivity index is 1.94. The highest BCUT2D eigenvalue weighted by Crippen LogP contribution is 2.44. The number of aliphatic hydroxyl groups excluding tert-OH is 1. The number of carbonyl (C=O) groups is 2. The molecule has 1 aliphatic rings. The quantitative estimate of drug-likeness (QED) is 0.347. The summed E-state index contributed by atoms with van der Waals surface area (Å²) in [7, 11) is 0. The number of ketones is 1. The van der Waals surface area contributed by atoms with Crippen LogP contribution in [-0.2, 0) is 9.59 Å². The summed E-state index contributed by atoms with van der Waals surface area (Å²) in [5.41, 5.74) is -0.140. The molecule has 1 amide bonds. The van der Waals surface area contributed by atoms with Crippen LogP contribution in [0, 0.1) is 11.6 Å². The number of Topliss-reactive ketones (excluding diaryl/α,β-unsaturated/α-hetero) is 1. The van der Waals surface area contributed by atoms with Crippen LogP contribution in [0.4, 0.5) is 14.5 Å². The van der Waals surface area contributed by atoms with Crippen LogP contribution in [0.2, 0.25) is 5.02 Å². The van der Waals surface area contributed by atoms with Gasteiger partial charge in [-0.25, -0.2) is 8.78 Å². The van der Waals surface area contributed by atoms with Crippen LogP contribution in [-0.4, -0.2) is 16.8 Å². The number of thiophene rings is 1. The fourth-order valence-corrected chi connectivity index (χ4v) is 4.19. The number of anilines is 1. The monoisotopic (exact) mass is 431 g/mol. The first-order chi connectivity index (χ1) is 13.9. The molecule has 0 aliphatic carbocycles. The van der Waals surface area contributed by atoms with Crippen LogP contribution in [0.5, 0.6) is 0 Å². The number of carbonyl (C=O) groups excluding carboxylic acids is 2. The molecule has 0 spiro atoms. The van der Waals surface area contributed by atoms with Gasteiger partial charge in [0.2, 0.25) is 0 Å². The first kappa shape index (κ1) is 19.3. The van der Waals surface area contributed by atoms with Crippen molar-refractivity contribution in [1.82, 2.24) is 0 Å². The van der Waals surface area contributed by atoms with E-state index in [0.29, 0.717) is 16.0 Å². The van der Waals surface area contributed by atoms with Crippen molar-refractivity contribution in [3.05, 3.63) is 92.6 Å². The maximum atomic E-state index is 14.5. The van der Waals surface area contributed by atoms with Gasteiger partial charge in [0.05, 0.1) is 11.3 Å². The molecule has 29 heavy (non-hydrogen) atoms. The third-order valence-corrected chi connectivity index (χ3v) is 5.72. The zero-order valence-electron chi connectivity index (χ0n) is 14.6. The summed E-state index contributed by atoms with van der Waals surface area (Å²) in [5, 5.41) is 13.0. The lowest BCUT2D eigenvalue weighted by atomic mass is 9.99. The van der Waals surface area contributed by atoms with Gasteiger partial charge >= 0.3 is 0 Å². The van der Waals surface area contributed by atoms with E-state index < -0.39 is 35.1 Å². The number of amides is 1. The van der Waals surface area contributed by atoms with E-state index in [1.807, 2.05) is 0 Å². The zero-order valence-corrected chi connectivity index (χ0v) is 16.2. The first-order valence-corrected chi connectivity index (χ1v) is 9.69. The smallest absolute Gasteiger partial charge is 0.300 e. The molecule has 1 atom stereocenters. The van der Waals surface area contributed by atoms with Gasteiger partial charge in [0, 0.05) is 21.5 Å². The van der Waals surface area contributed by atoms with Crippen molar-refractivity contribution in [2.24, 2.45) is 0 Å². The van der Waals surface area contributed by atoms with E-state index in [4.69, 9.17) is 11.6 Å². The molecule has 4 nitrogen and oxygen atoms in total. The lowest BCUT2D eigenvalue weighted by molar-refractivity contribution is -0.132. The maximum Gasteiger partial charge on any atom is 0.300 e. The molecule has 1 aliphatic heterocycles. The molecule has 2 aromatic carbocycles. The van der Waals surface area contributed by atoms with Gasteiger partial charge in [0.25, 0.3) is 11.7 Å². The molecule has 1 fully saturated rings. The molecular formula is C21H12ClF2NO3S. The van der Waals surface area contributed by atoms with E-state index in [-0.39, 0.29) is 16.8 Å². The summed E-state index contributed by atoms with van der Waals surface area (Å²) in [6.45, 7) is 0. The van der Waals surface area contributed by atoms with Gasteiger partial charge in [-0.05, 0) is 47.8 Å². The molecule has 1 saturated heterocycles. The van der Waals surface area contributed by atoms with Gasteiger partial charge in [-0.15, -0.1) is 11.3 Å². The summed E-state index contributed by atoms with van der Waals surface area (Å²) in [5.74, 6) is -4.16. The molecule has 1 N–H and O–H groups in total. The largest absolute Gasteiger partial charge is 0.507 e. The second-order valence-corrected chi connectivity index (χ2v) is 7.70. The Morgan fingerprint density at radius 1 is 1.07 bits per heavy atom. The number of nitrogens with zero attached hydrogens (tertiary/aromatic N) is 1. The fraction of sp³-hybridized carbons (Fsp3) is 0.0476. The number of hydrogen-bond donors (Lipinski definition) is 1. The summed E-state index contributed by atoms with van der Waals surface area (Å²) in [6, 6.07) is 11.2. The molecule has 1 unspecified atom stereocenters. The van der Waals surface area contributed by atoms with Gasteiger partial charge in [0.1, 0.15) is 23.4 Å². The van der Waals surface area contributed by atoms with Crippen molar-refractivity contribution in [1.29, 1.82) is 0 Å². The van der Waals surface area contributed by atoms with E-state index in [2.05, 4.69) is 0 Å². The minimum Gasteiger partial charge on any atom is -0.507 e. The highest BCUT2D eigenvalue weighted by molar-refractivity contribution is 7.10. The van der Waals surface area contributed by atoms with Crippen LogP contribution < -0.4 is 4.90 Å². The van der Waals surface area contributed by atoms with Crippen molar-refractivity contribution in [3.8, 4) is 0 Å². The standard InChI is InChI=1S/C21H12ClF2NO3S/c22-12-5-3-11(4-6-12)19(26)17-18(16-2-1-9-29-16)25(21(28)20(17)27)15-8-7-13(23)10-14(15)24/h1-10,18,26H/b19-17-. The van der Waals surface area contributed by atoms with Gasteiger partial charge in [-0.2, -0.15) is 0 Å². The average molecular weight is 432 g/mol. The SMILES string of the molecule is O=C1C(=O)N(c2ccc(F)cc2F)C(c2cccs2)/C1=C(/O)c1ccc(Cl)cc1. The number of halogens is 3. The highest BCUT2D eigenvalue weighted by Gasteiger charge is 2.48. The minimum atomic E-state index is -1.05.